The molecule has 0 fully saturated rings. The lowest BCUT2D eigenvalue weighted by atomic mass is 10.1. The van der Waals surface area contributed by atoms with Gasteiger partial charge in [0.1, 0.15) is 10.9 Å². The molecular formula is C10H6N2OS. The highest BCUT2D eigenvalue weighted by molar-refractivity contribution is 7.10. The number of nitrogens with one attached hydrogen (secondary N) is 1. The fourth-order valence-electron chi connectivity index (χ4n) is 1.21. The Morgan fingerprint density at radius 3 is 2.64 bits per heavy atom. The summed E-state index contributed by atoms with van der Waals surface area (Å²) in [4.78, 5) is 13.9. The summed E-state index contributed by atoms with van der Waals surface area (Å²) in [6.45, 7) is 0. The number of aromatic amines is 1. The van der Waals surface area contributed by atoms with Crippen molar-refractivity contribution in [1.29, 1.82) is 5.26 Å². The molecule has 0 radical (unpaired) electrons. The first kappa shape index (κ1) is 8.73. The van der Waals surface area contributed by atoms with Gasteiger partial charge >= 0.3 is 4.87 Å². The molecule has 0 aliphatic carbocycles. The molecule has 4 heteroatoms. The quantitative estimate of drug-likeness (QED) is 0.768. The molecule has 0 amide bonds. The van der Waals surface area contributed by atoms with Crippen LogP contribution in [0.25, 0.3) is 11.3 Å². The highest BCUT2D eigenvalue weighted by Gasteiger charge is 2.08. The van der Waals surface area contributed by atoms with Gasteiger partial charge in [-0.05, 0) is 0 Å². The van der Waals surface area contributed by atoms with Crippen LogP contribution in [0.3, 0.4) is 0 Å². The average Bonchev–Trinajstić information content (AvgIpc) is 2.61. The predicted molar refractivity (Wildman–Crippen MR) is 55.1 cm³/mol. The Kier molecular flexibility index (Phi) is 2.17. The third kappa shape index (κ3) is 1.45. The van der Waals surface area contributed by atoms with E-state index in [1.165, 1.54) is 0 Å². The molecule has 68 valence electrons. The van der Waals surface area contributed by atoms with Crippen LogP contribution in [0.4, 0.5) is 0 Å². The molecule has 1 N–H and O–H groups in total. The SMILES string of the molecule is N#Cc1sc(=O)[nH]c1-c1ccccc1. The fraction of sp³-hybridized carbons (Fsp3) is 0. The van der Waals surface area contributed by atoms with Crippen LogP contribution in [0.2, 0.25) is 0 Å². The molecule has 0 aliphatic heterocycles. The molecule has 1 aromatic heterocycles. The first-order chi connectivity index (χ1) is 6.81. The number of thiazole rings is 1. The zero-order valence-electron chi connectivity index (χ0n) is 7.15. The second kappa shape index (κ2) is 3.48. The normalized spacial score (nSPS) is 9.64. The van der Waals surface area contributed by atoms with Crippen molar-refractivity contribution >= 4 is 11.3 Å². The first-order valence-corrected chi connectivity index (χ1v) is 4.81. The van der Waals surface area contributed by atoms with Gasteiger partial charge in [-0.25, -0.2) is 0 Å². The molecule has 1 heterocycles. The van der Waals surface area contributed by atoms with E-state index in [1.807, 2.05) is 36.4 Å². The van der Waals surface area contributed by atoms with Gasteiger partial charge in [0.05, 0.1) is 5.69 Å². The number of nitrogens with zero attached hydrogens (tertiary/aromatic N) is 1. The summed E-state index contributed by atoms with van der Waals surface area (Å²) in [5, 5.41) is 8.79. The Balaban J connectivity index is 2.64. The summed E-state index contributed by atoms with van der Waals surface area (Å²) < 4.78 is 0. The Bertz CT molecular complexity index is 533. The second-order valence-electron chi connectivity index (χ2n) is 2.70. The standard InChI is InChI=1S/C10H6N2OS/c11-6-8-9(12-10(13)14-8)7-4-2-1-3-5-7/h1-5H,(H,12,13). The number of H-pyrrole nitrogens is 1. The van der Waals surface area contributed by atoms with Gasteiger partial charge in [0.25, 0.3) is 0 Å². The number of nitriles is 1. The topological polar surface area (TPSA) is 56.6 Å². The van der Waals surface area contributed by atoms with Crippen LogP contribution in [0.15, 0.2) is 35.1 Å². The molecule has 14 heavy (non-hydrogen) atoms. The Morgan fingerprint density at radius 2 is 2.00 bits per heavy atom. The first-order valence-electron chi connectivity index (χ1n) is 4.00. The van der Waals surface area contributed by atoms with E-state index in [1.54, 1.807) is 0 Å². The summed E-state index contributed by atoms with van der Waals surface area (Å²) in [5.41, 5.74) is 1.48. The van der Waals surface area contributed by atoms with E-state index in [-0.39, 0.29) is 4.87 Å². The third-order valence-electron chi connectivity index (χ3n) is 1.81. The molecule has 2 rings (SSSR count). The average molecular weight is 202 g/mol. The Hall–Kier alpha value is -1.86. The van der Waals surface area contributed by atoms with Crippen LogP contribution < -0.4 is 4.87 Å². The van der Waals surface area contributed by atoms with Crippen molar-refractivity contribution in [2.24, 2.45) is 0 Å². The maximum atomic E-state index is 11.1. The van der Waals surface area contributed by atoms with E-state index in [9.17, 15) is 4.79 Å². The van der Waals surface area contributed by atoms with Gasteiger partial charge in [0.2, 0.25) is 0 Å². The minimum Gasteiger partial charge on any atom is -0.311 e. The molecule has 0 aliphatic rings. The molecule has 0 atom stereocenters. The number of hydrogen-bond acceptors (Lipinski definition) is 3. The van der Waals surface area contributed by atoms with E-state index < -0.39 is 0 Å². The highest BCUT2D eigenvalue weighted by atomic mass is 32.1. The van der Waals surface area contributed by atoms with Crippen LogP contribution in [-0.2, 0) is 0 Å². The smallest absolute Gasteiger partial charge is 0.306 e. The lowest BCUT2D eigenvalue weighted by molar-refractivity contribution is 1.33. The zero-order valence-corrected chi connectivity index (χ0v) is 7.97. The van der Waals surface area contributed by atoms with E-state index in [2.05, 4.69) is 4.98 Å². The molecule has 0 saturated carbocycles. The molecular weight excluding hydrogens is 196 g/mol. The predicted octanol–water partition coefficient (Wildman–Crippen LogP) is 1.98. The summed E-state index contributed by atoms with van der Waals surface area (Å²) >= 11 is 0.937. The van der Waals surface area contributed by atoms with E-state index in [4.69, 9.17) is 5.26 Å². The minimum atomic E-state index is -0.194. The van der Waals surface area contributed by atoms with Crippen molar-refractivity contribution in [3.8, 4) is 17.3 Å². The number of aromatic nitrogens is 1. The molecule has 0 unspecified atom stereocenters. The second-order valence-corrected chi connectivity index (χ2v) is 3.68. The highest BCUT2D eigenvalue weighted by Crippen LogP contribution is 2.21. The Labute approximate surface area is 84.3 Å². The molecule has 0 saturated heterocycles. The number of benzene rings is 1. The monoisotopic (exact) mass is 202 g/mol. The van der Waals surface area contributed by atoms with Crippen molar-refractivity contribution < 1.29 is 0 Å². The summed E-state index contributed by atoms with van der Waals surface area (Å²) in [6, 6.07) is 11.3. The van der Waals surface area contributed by atoms with E-state index in [0.717, 1.165) is 16.9 Å². The van der Waals surface area contributed by atoms with Crippen molar-refractivity contribution in [1.82, 2.24) is 4.98 Å². The molecule has 0 spiro atoms. The molecule has 1 aromatic carbocycles. The van der Waals surface area contributed by atoms with E-state index >= 15 is 0 Å². The van der Waals surface area contributed by atoms with E-state index in [0.29, 0.717) is 10.6 Å². The van der Waals surface area contributed by atoms with Crippen molar-refractivity contribution in [3.05, 3.63) is 44.9 Å². The maximum absolute atomic E-state index is 11.1. The van der Waals surface area contributed by atoms with Gasteiger partial charge in [-0.2, -0.15) is 5.26 Å². The summed E-state index contributed by atoms with van der Waals surface area (Å²) in [6.07, 6.45) is 0. The van der Waals surface area contributed by atoms with Crippen molar-refractivity contribution in [2.75, 3.05) is 0 Å². The van der Waals surface area contributed by atoms with Crippen molar-refractivity contribution in [2.45, 2.75) is 0 Å². The Morgan fingerprint density at radius 1 is 1.29 bits per heavy atom. The lowest BCUT2D eigenvalue weighted by Crippen LogP contribution is -1.92. The molecule has 0 bridgehead atoms. The van der Waals surface area contributed by atoms with Crippen LogP contribution in [0.1, 0.15) is 4.88 Å². The van der Waals surface area contributed by atoms with Crippen LogP contribution in [-0.4, -0.2) is 4.98 Å². The van der Waals surface area contributed by atoms with Gasteiger partial charge in [-0.15, -0.1) is 0 Å². The van der Waals surface area contributed by atoms with Gasteiger partial charge in [-0.1, -0.05) is 41.7 Å². The molecule has 3 nitrogen and oxygen atoms in total. The number of hydrogen-bond donors (Lipinski definition) is 1. The van der Waals surface area contributed by atoms with Gasteiger partial charge in [-0.3, -0.25) is 4.79 Å². The summed E-state index contributed by atoms with van der Waals surface area (Å²) in [5.74, 6) is 0. The minimum absolute atomic E-state index is 0.194. The fourth-order valence-corrected chi connectivity index (χ4v) is 1.87. The molecule has 2 aromatic rings. The summed E-state index contributed by atoms with van der Waals surface area (Å²) in [7, 11) is 0. The van der Waals surface area contributed by atoms with Crippen LogP contribution in [0, 0.1) is 11.3 Å². The van der Waals surface area contributed by atoms with Gasteiger partial charge in [0, 0.05) is 5.56 Å². The van der Waals surface area contributed by atoms with Crippen LogP contribution in [0.5, 0.6) is 0 Å². The van der Waals surface area contributed by atoms with Crippen LogP contribution >= 0.6 is 11.3 Å². The third-order valence-corrected chi connectivity index (χ3v) is 2.60. The number of rotatable bonds is 1. The zero-order chi connectivity index (χ0) is 9.97. The maximum Gasteiger partial charge on any atom is 0.306 e. The largest absolute Gasteiger partial charge is 0.311 e. The van der Waals surface area contributed by atoms with Crippen molar-refractivity contribution in [3.63, 3.8) is 0 Å². The lowest BCUT2D eigenvalue weighted by Gasteiger charge is -1.95. The van der Waals surface area contributed by atoms with Gasteiger partial charge in [0.15, 0.2) is 0 Å². The van der Waals surface area contributed by atoms with Gasteiger partial charge < -0.3 is 4.98 Å².